The van der Waals surface area contributed by atoms with E-state index in [1.807, 2.05) is 0 Å². The van der Waals surface area contributed by atoms with Crippen LogP contribution in [0, 0.1) is 11.7 Å². The smallest absolute Gasteiger partial charge is 0.364 e. The Bertz CT molecular complexity index is 981. The first-order valence-electron chi connectivity index (χ1n) is 8.48. The number of rotatable bonds is 5. The van der Waals surface area contributed by atoms with Crippen LogP contribution in [0.25, 0.3) is 0 Å². The molecule has 2 N–H and O–H groups in total. The molecule has 1 fully saturated rings. The number of anilines is 1. The molecule has 28 heavy (non-hydrogen) atoms. The van der Waals surface area contributed by atoms with Crippen molar-refractivity contribution >= 4 is 11.9 Å². The highest BCUT2D eigenvalue weighted by molar-refractivity contribution is 5.90. The van der Waals surface area contributed by atoms with Crippen LogP contribution < -0.4 is 16.2 Å². The van der Waals surface area contributed by atoms with Crippen molar-refractivity contribution in [2.75, 3.05) is 19.0 Å². The Morgan fingerprint density at radius 1 is 1.29 bits per heavy atom. The van der Waals surface area contributed by atoms with E-state index in [9.17, 15) is 27.2 Å². The lowest BCUT2D eigenvalue weighted by Crippen LogP contribution is -2.34. The van der Waals surface area contributed by atoms with E-state index in [1.165, 1.54) is 15.5 Å². The number of amides is 1. The lowest BCUT2D eigenvalue weighted by Gasteiger charge is -2.26. The molecule has 0 spiro atoms. The van der Waals surface area contributed by atoms with Crippen molar-refractivity contribution in [3.8, 4) is 0 Å². The van der Waals surface area contributed by atoms with Crippen molar-refractivity contribution in [3.05, 3.63) is 57.3 Å². The zero-order chi connectivity index (χ0) is 20.8. The first kappa shape index (κ1) is 19.8. The van der Waals surface area contributed by atoms with Crippen LogP contribution in [0.4, 0.5) is 23.5 Å². The molecule has 6 nitrogen and oxygen atoms in total. The number of benzene rings is 1. The van der Waals surface area contributed by atoms with Crippen LogP contribution in [0.2, 0.25) is 0 Å². The summed E-state index contributed by atoms with van der Waals surface area (Å²) in [6.07, 6.45) is -3.36. The van der Waals surface area contributed by atoms with Crippen LogP contribution in [-0.4, -0.2) is 29.6 Å². The summed E-state index contributed by atoms with van der Waals surface area (Å²) >= 11 is 0. The van der Waals surface area contributed by atoms with Gasteiger partial charge in [0.15, 0.2) is 0 Å². The fraction of sp³-hybridized carbons (Fsp3) is 0.389. The Balaban J connectivity index is 2.18. The molecule has 1 aliphatic rings. The highest BCUT2D eigenvalue weighted by Gasteiger charge is 2.38. The molecule has 1 amide bonds. The second-order valence-corrected chi connectivity index (χ2v) is 6.93. The molecule has 0 radical (unpaired) electrons. The van der Waals surface area contributed by atoms with Crippen LogP contribution in [0.3, 0.4) is 0 Å². The highest BCUT2D eigenvalue weighted by atomic mass is 19.4. The first-order valence-corrected chi connectivity index (χ1v) is 8.48. The second kappa shape index (κ2) is 6.92. The molecule has 0 saturated heterocycles. The Hall–Kier alpha value is -2.91. The predicted molar refractivity (Wildman–Crippen MR) is 93.6 cm³/mol. The molecule has 1 aliphatic carbocycles. The van der Waals surface area contributed by atoms with Crippen molar-refractivity contribution in [2.45, 2.75) is 25.1 Å². The number of hydrogen-bond acceptors (Lipinski definition) is 4. The highest BCUT2D eigenvalue weighted by Crippen LogP contribution is 2.45. The average Bonchev–Trinajstić information content (AvgIpc) is 3.39. The normalized spacial score (nSPS) is 15.4. The molecule has 150 valence electrons. The summed E-state index contributed by atoms with van der Waals surface area (Å²) in [6.45, 7) is 0. The first-order chi connectivity index (χ1) is 13.0. The van der Waals surface area contributed by atoms with Crippen molar-refractivity contribution in [2.24, 2.45) is 11.7 Å². The van der Waals surface area contributed by atoms with Crippen LogP contribution in [0.15, 0.2) is 29.1 Å². The molecule has 0 aliphatic heterocycles. The Kier molecular flexibility index (Phi) is 4.90. The summed E-state index contributed by atoms with van der Waals surface area (Å²) < 4.78 is 54.0. The largest absolute Gasteiger partial charge is 0.419 e. The summed E-state index contributed by atoms with van der Waals surface area (Å²) in [5.41, 5.74) is 3.26. The second-order valence-electron chi connectivity index (χ2n) is 6.93. The maximum atomic E-state index is 14.1. The molecule has 1 aromatic carbocycles. The van der Waals surface area contributed by atoms with Gasteiger partial charge in [-0.15, -0.1) is 0 Å². The van der Waals surface area contributed by atoms with Gasteiger partial charge < -0.3 is 10.6 Å². The predicted octanol–water partition coefficient (Wildman–Crippen LogP) is 2.57. The Morgan fingerprint density at radius 2 is 1.93 bits per heavy atom. The third-order valence-corrected chi connectivity index (χ3v) is 4.57. The van der Waals surface area contributed by atoms with Gasteiger partial charge in [0.05, 0.1) is 11.6 Å². The van der Waals surface area contributed by atoms with Gasteiger partial charge in [-0.2, -0.15) is 13.2 Å². The van der Waals surface area contributed by atoms with Crippen LogP contribution >= 0.6 is 0 Å². The summed E-state index contributed by atoms with van der Waals surface area (Å²) in [7, 11) is 3.20. The third-order valence-electron chi connectivity index (χ3n) is 4.57. The molecular weight excluding hydrogens is 380 g/mol. The van der Waals surface area contributed by atoms with E-state index in [0.717, 1.165) is 25.0 Å². The van der Waals surface area contributed by atoms with E-state index < -0.39 is 35.1 Å². The van der Waals surface area contributed by atoms with Gasteiger partial charge >= 0.3 is 6.18 Å². The number of alkyl halides is 3. The number of primary amides is 1. The minimum Gasteiger partial charge on any atom is -0.364 e. The molecule has 3 rings (SSSR count). The van der Waals surface area contributed by atoms with E-state index in [2.05, 4.69) is 4.98 Å². The molecule has 0 unspecified atom stereocenters. The maximum absolute atomic E-state index is 14.1. The van der Waals surface area contributed by atoms with Crippen molar-refractivity contribution < 1.29 is 22.4 Å². The molecule has 1 heterocycles. The monoisotopic (exact) mass is 398 g/mol. The van der Waals surface area contributed by atoms with E-state index in [0.29, 0.717) is 6.07 Å². The van der Waals surface area contributed by atoms with Gasteiger partial charge in [-0.05, 0) is 36.5 Å². The van der Waals surface area contributed by atoms with Gasteiger partial charge in [-0.1, -0.05) is 6.07 Å². The minimum absolute atomic E-state index is 0.0613. The number of hydrogen-bond donors (Lipinski definition) is 1. The molecule has 10 heteroatoms. The number of nitrogens with two attached hydrogens (primary N) is 1. The molecular formula is C18H18F4N4O2. The lowest BCUT2D eigenvalue weighted by atomic mass is 9.99. The van der Waals surface area contributed by atoms with Gasteiger partial charge in [0.25, 0.3) is 11.5 Å². The third kappa shape index (κ3) is 3.71. The lowest BCUT2D eigenvalue weighted by molar-refractivity contribution is -0.140. The van der Waals surface area contributed by atoms with Gasteiger partial charge in [0.1, 0.15) is 11.5 Å². The number of halogens is 4. The fourth-order valence-corrected chi connectivity index (χ4v) is 3.17. The Labute approximate surface area is 157 Å². The van der Waals surface area contributed by atoms with E-state index in [4.69, 9.17) is 5.73 Å². The summed E-state index contributed by atoms with van der Waals surface area (Å²) in [5.74, 6) is -2.24. The Morgan fingerprint density at radius 3 is 2.39 bits per heavy atom. The molecule has 1 aromatic heterocycles. The van der Waals surface area contributed by atoms with Gasteiger partial charge in [0, 0.05) is 20.2 Å². The molecule has 2 aromatic rings. The van der Waals surface area contributed by atoms with E-state index >= 15 is 0 Å². The average molecular weight is 398 g/mol. The summed E-state index contributed by atoms with van der Waals surface area (Å²) in [5, 5.41) is 0. The van der Waals surface area contributed by atoms with Crippen molar-refractivity contribution in [1.82, 2.24) is 9.55 Å². The van der Waals surface area contributed by atoms with Gasteiger partial charge in [-0.3, -0.25) is 14.2 Å². The van der Waals surface area contributed by atoms with Crippen molar-refractivity contribution in [1.29, 1.82) is 0 Å². The van der Waals surface area contributed by atoms with Crippen molar-refractivity contribution in [3.63, 3.8) is 0 Å². The number of nitrogens with zero attached hydrogens (tertiary/aromatic N) is 3. The number of carbonyl (C=O) groups is 1. The number of carbonyl (C=O) groups excluding carboxylic acids is 1. The van der Waals surface area contributed by atoms with Gasteiger partial charge in [0.2, 0.25) is 5.95 Å². The topological polar surface area (TPSA) is 81.2 Å². The van der Waals surface area contributed by atoms with Crippen LogP contribution in [0.1, 0.15) is 40.5 Å². The summed E-state index contributed by atoms with van der Waals surface area (Å²) in [6, 6.07) is 2.91. The molecule has 1 saturated carbocycles. The SMILES string of the molecule is CN(C)c1nc(C(N)=O)cc(=O)n1[C@@H](c1ccc(C(F)(F)F)c(F)c1)C1CC1. The zero-order valence-electron chi connectivity index (χ0n) is 15.1. The van der Waals surface area contributed by atoms with Gasteiger partial charge in [-0.25, -0.2) is 9.37 Å². The quantitative estimate of drug-likeness (QED) is 0.785. The molecule has 1 atom stereocenters. The maximum Gasteiger partial charge on any atom is 0.419 e. The summed E-state index contributed by atoms with van der Waals surface area (Å²) in [4.78, 5) is 29.8. The van der Waals surface area contributed by atoms with E-state index in [-0.39, 0.29) is 23.1 Å². The standard InChI is InChI=1S/C18H18F4N4O2/c1-25(2)17-24-13(16(23)28)8-14(27)26(17)15(9-3-4-9)10-5-6-11(12(19)7-10)18(20,21)22/h5-9,15H,3-4H2,1-2H3,(H2,23,28)/t15-/m1/s1. The van der Waals surface area contributed by atoms with Crippen LogP contribution in [-0.2, 0) is 6.18 Å². The number of aromatic nitrogens is 2. The zero-order valence-corrected chi connectivity index (χ0v) is 15.1. The minimum atomic E-state index is -4.81. The van der Waals surface area contributed by atoms with E-state index in [1.54, 1.807) is 14.1 Å². The molecule has 0 bridgehead atoms. The fourth-order valence-electron chi connectivity index (χ4n) is 3.17. The van der Waals surface area contributed by atoms with Crippen LogP contribution in [0.5, 0.6) is 0 Å².